The summed E-state index contributed by atoms with van der Waals surface area (Å²) in [6.45, 7) is 3.55. The van der Waals surface area contributed by atoms with Crippen molar-refractivity contribution in [2.45, 2.75) is 23.6 Å². The number of nitrogens with zero attached hydrogens (tertiary/aromatic N) is 1. The van der Waals surface area contributed by atoms with Crippen molar-refractivity contribution in [3.63, 3.8) is 0 Å². The van der Waals surface area contributed by atoms with Crippen LogP contribution in [0.3, 0.4) is 0 Å². The normalized spacial score (nSPS) is 12.8. The van der Waals surface area contributed by atoms with E-state index in [0.29, 0.717) is 9.34 Å². The van der Waals surface area contributed by atoms with Crippen molar-refractivity contribution in [1.29, 1.82) is 0 Å². The average molecular weight is 323 g/mol. The van der Waals surface area contributed by atoms with Crippen LogP contribution in [0.1, 0.15) is 18.9 Å². The molecule has 18 heavy (non-hydrogen) atoms. The van der Waals surface area contributed by atoms with Crippen molar-refractivity contribution < 1.29 is 8.42 Å². The second-order valence-electron chi connectivity index (χ2n) is 4.13. The van der Waals surface area contributed by atoms with Gasteiger partial charge in [0.05, 0.1) is 9.88 Å². The van der Waals surface area contributed by atoms with Crippen LogP contribution in [0.25, 0.3) is 0 Å². The van der Waals surface area contributed by atoms with Gasteiger partial charge in [-0.3, -0.25) is 0 Å². The lowest BCUT2D eigenvalue weighted by Gasteiger charge is -2.22. The Labute approximate surface area is 119 Å². The lowest BCUT2D eigenvalue weighted by Crippen LogP contribution is -2.40. The number of thiophene rings is 1. The highest BCUT2D eigenvalue weighted by Gasteiger charge is 2.30. The lowest BCUT2D eigenvalue weighted by atomic mass is 10.1. The monoisotopic (exact) mass is 322 g/mol. The maximum atomic E-state index is 12.2. The second-order valence-corrected chi connectivity index (χ2v) is 8.65. The average Bonchev–Trinajstić information content (AvgIpc) is 2.84. The first-order valence-electron chi connectivity index (χ1n) is 5.00. The van der Waals surface area contributed by atoms with Gasteiger partial charge in [0.15, 0.2) is 0 Å². The molecule has 0 bridgehead atoms. The van der Waals surface area contributed by atoms with Gasteiger partial charge in [-0.05, 0) is 26.0 Å². The molecule has 0 aromatic carbocycles. The summed E-state index contributed by atoms with van der Waals surface area (Å²) in [6, 6.07) is 3.06. The zero-order chi connectivity index (χ0) is 13.4. The number of hydrogen-bond acceptors (Lipinski definition) is 5. The fraction of sp³-hybridized carbons (Fsp3) is 0.300. The van der Waals surface area contributed by atoms with Crippen molar-refractivity contribution in [3.05, 3.63) is 33.1 Å². The van der Waals surface area contributed by atoms with Gasteiger partial charge in [-0.15, -0.1) is 22.7 Å². The fourth-order valence-electron chi connectivity index (χ4n) is 1.40. The molecule has 0 radical (unpaired) electrons. The zero-order valence-electron chi connectivity index (χ0n) is 9.68. The first kappa shape index (κ1) is 14.0. The Kier molecular flexibility index (Phi) is 3.80. The van der Waals surface area contributed by atoms with E-state index in [-0.39, 0.29) is 4.21 Å². The van der Waals surface area contributed by atoms with Crippen LogP contribution in [-0.4, -0.2) is 13.4 Å². The zero-order valence-corrected chi connectivity index (χ0v) is 12.9. The highest BCUT2D eigenvalue weighted by molar-refractivity contribution is 7.91. The van der Waals surface area contributed by atoms with Gasteiger partial charge in [-0.1, -0.05) is 11.6 Å². The molecule has 2 aromatic rings. The Morgan fingerprint density at radius 1 is 1.39 bits per heavy atom. The summed E-state index contributed by atoms with van der Waals surface area (Å²) in [5.74, 6) is 0. The van der Waals surface area contributed by atoms with E-state index in [2.05, 4.69) is 9.71 Å². The summed E-state index contributed by atoms with van der Waals surface area (Å²) in [5.41, 5.74) is -0.747. The Morgan fingerprint density at radius 2 is 2.11 bits per heavy atom. The molecule has 0 saturated heterocycles. The molecule has 2 heterocycles. The van der Waals surface area contributed by atoms with Crippen LogP contribution in [0.4, 0.5) is 0 Å². The lowest BCUT2D eigenvalue weighted by molar-refractivity contribution is 0.471. The Bertz CT molecular complexity index is 632. The summed E-state index contributed by atoms with van der Waals surface area (Å²) in [4.78, 5) is 4.14. The Balaban J connectivity index is 2.29. The van der Waals surface area contributed by atoms with E-state index >= 15 is 0 Å². The Hall–Kier alpha value is -0.470. The first-order valence-corrected chi connectivity index (χ1v) is 8.56. The molecule has 0 unspecified atom stereocenters. The third kappa shape index (κ3) is 2.92. The number of rotatable bonds is 4. The van der Waals surface area contributed by atoms with Gasteiger partial charge in [0, 0.05) is 11.6 Å². The third-order valence-corrected chi connectivity index (χ3v) is 6.65. The molecule has 0 aliphatic heterocycles. The summed E-state index contributed by atoms with van der Waals surface area (Å²) in [5, 5.41) is 2.53. The number of hydrogen-bond donors (Lipinski definition) is 1. The van der Waals surface area contributed by atoms with Gasteiger partial charge < -0.3 is 0 Å². The van der Waals surface area contributed by atoms with E-state index in [4.69, 9.17) is 11.6 Å². The molecular formula is C10H11ClN2O2S3. The largest absolute Gasteiger partial charge is 0.250 e. The molecule has 4 nitrogen and oxygen atoms in total. The Morgan fingerprint density at radius 3 is 2.61 bits per heavy atom. The van der Waals surface area contributed by atoms with Crippen LogP contribution in [0, 0.1) is 0 Å². The van der Waals surface area contributed by atoms with Crippen LogP contribution in [0.15, 0.2) is 27.9 Å². The predicted octanol–water partition coefficient (Wildman–Crippen LogP) is 3.07. The van der Waals surface area contributed by atoms with Crippen molar-refractivity contribution in [3.8, 4) is 0 Å². The summed E-state index contributed by atoms with van der Waals surface area (Å²) < 4.78 is 27.6. The summed E-state index contributed by atoms with van der Waals surface area (Å²) >= 11 is 8.19. The molecule has 2 aromatic heterocycles. The molecular weight excluding hydrogens is 312 g/mol. The van der Waals surface area contributed by atoms with Gasteiger partial charge >= 0.3 is 0 Å². The first-order chi connectivity index (χ1) is 8.31. The van der Waals surface area contributed by atoms with E-state index < -0.39 is 15.6 Å². The van der Waals surface area contributed by atoms with E-state index in [9.17, 15) is 8.42 Å². The van der Waals surface area contributed by atoms with Gasteiger partial charge in [0.2, 0.25) is 0 Å². The van der Waals surface area contributed by atoms with Crippen molar-refractivity contribution >= 4 is 44.3 Å². The minimum Gasteiger partial charge on any atom is -0.248 e. The molecule has 0 amide bonds. The molecule has 0 aliphatic carbocycles. The molecule has 1 N–H and O–H groups in total. The molecule has 0 spiro atoms. The third-order valence-electron chi connectivity index (χ3n) is 2.17. The topological polar surface area (TPSA) is 59.1 Å². The summed E-state index contributed by atoms with van der Waals surface area (Å²) in [6.07, 6.45) is 1.65. The number of thiazole rings is 1. The highest BCUT2D eigenvalue weighted by Crippen LogP contribution is 2.29. The minimum atomic E-state index is -3.57. The van der Waals surface area contributed by atoms with Crippen molar-refractivity contribution in [2.75, 3.05) is 0 Å². The van der Waals surface area contributed by atoms with E-state index in [0.717, 1.165) is 11.3 Å². The predicted molar refractivity (Wildman–Crippen MR) is 74.8 cm³/mol. The quantitative estimate of drug-likeness (QED) is 0.941. The second kappa shape index (κ2) is 4.90. The van der Waals surface area contributed by atoms with E-state index in [1.807, 2.05) is 5.38 Å². The van der Waals surface area contributed by atoms with Crippen LogP contribution in [0.5, 0.6) is 0 Å². The van der Waals surface area contributed by atoms with Crippen LogP contribution >= 0.6 is 34.3 Å². The standard InChI is InChI=1S/C10H11ClN2O2S3/c1-10(2,9-12-5-6-16-9)13-18(14,15)8-4-3-7(11)17-8/h3-6,13H,1-2H3. The van der Waals surface area contributed by atoms with Crippen LogP contribution in [0.2, 0.25) is 4.34 Å². The minimum absolute atomic E-state index is 0.206. The number of aromatic nitrogens is 1. The van der Waals surface area contributed by atoms with Crippen molar-refractivity contribution in [2.24, 2.45) is 0 Å². The molecule has 8 heteroatoms. The van der Waals surface area contributed by atoms with E-state index in [1.54, 1.807) is 26.1 Å². The maximum Gasteiger partial charge on any atom is 0.250 e. The van der Waals surface area contributed by atoms with Crippen LogP contribution < -0.4 is 4.72 Å². The SMILES string of the molecule is CC(C)(NS(=O)(=O)c1ccc(Cl)s1)c1nccs1. The van der Waals surface area contributed by atoms with Gasteiger partial charge in [0.1, 0.15) is 9.22 Å². The van der Waals surface area contributed by atoms with Gasteiger partial charge in [-0.25, -0.2) is 13.4 Å². The van der Waals surface area contributed by atoms with Crippen molar-refractivity contribution in [1.82, 2.24) is 9.71 Å². The number of sulfonamides is 1. The van der Waals surface area contributed by atoms with Gasteiger partial charge in [0.25, 0.3) is 10.0 Å². The molecule has 0 saturated carbocycles. The fourth-order valence-corrected chi connectivity index (χ4v) is 5.05. The molecule has 0 fully saturated rings. The molecule has 98 valence electrons. The van der Waals surface area contributed by atoms with E-state index in [1.165, 1.54) is 17.4 Å². The highest BCUT2D eigenvalue weighted by atomic mass is 35.5. The number of nitrogens with one attached hydrogen (secondary N) is 1. The molecule has 0 aliphatic rings. The molecule has 0 atom stereocenters. The smallest absolute Gasteiger partial charge is 0.248 e. The van der Waals surface area contributed by atoms with Crippen LogP contribution in [-0.2, 0) is 15.6 Å². The summed E-state index contributed by atoms with van der Waals surface area (Å²) in [7, 11) is -3.57. The maximum absolute atomic E-state index is 12.2. The van der Waals surface area contributed by atoms with Gasteiger partial charge in [-0.2, -0.15) is 4.72 Å². The molecule has 2 rings (SSSR count). The number of halogens is 1.